The highest BCUT2D eigenvalue weighted by atomic mass is 16.5. The molecule has 0 heterocycles. The number of benzene rings is 2. The third-order valence-corrected chi connectivity index (χ3v) is 5.15. The number of amides is 2. The molecule has 6 heteroatoms. The minimum atomic E-state index is -0.506. The van der Waals surface area contributed by atoms with Crippen molar-refractivity contribution in [3.8, 4) is 11.5 Å². The van der Waals surface area contributed by atoms with E-state index in [4.69, 9.17) is 9.47 Å². The highest BCUT2D eigenvalue weighted by Crippen LogP contribution is 2.18. The van der Waals surface area contributed by atoms with Crippen molar-refractivity contribution >= 4 is 11.8 Å². The van der Waals surface area contributed by atoms with Crippen molar-refractivity contribution < 1.29 is 19.1 Å². The highest BCUT2D eigenvalue weighted by Gasteiger charge is 2.28. The Morgan fingerprint density at radius 2 is 1.62 bits per heavy atom. The smallest absolute Gasteiger partial charge is 0.243 e. The molecule has 0 saturated carbocycles. The van der Waals surface area contributed by atoms with Gasteiger partial charge in [-0.2, -0.15) is 0 Å². The summed E-state index contributed by atoms with van der Waals surface area (Å²) >= 11 is 0. The molecule has 6 nitrogen and oxygen atoms in total. The third-order valence-electron chi connectivity index (χ3n) is 5.15. The largest absolute Gasteiger partial charge is 0.497 e. The quantitative estimate of drug-likeness (QED) is 0.494. The zero-order chi connectivity index (χ0) is 23.5. The van der Waals surface area contributed by atoms with Crippen molar-refractivity contribution in [2.75, 3.05) is 13.7 Å². The topological polar surface area (TPSA) is 67.9 Å². The standard InChI is InChI=1S/C26H36N2O4/c1-6-24(26(30)27-19(2)3)28(18-21-11-9-20(4)10-12-21)25(29)8-7-17-32-23-15-13-22(31-5)14-16-23/h9-16,19,24H,6-8,17-18H2,1-5H3,(H,27,30)/t24-/m1/s1. The maximum absolute atomic E-state index is 13.2. The fourth-order valence-corrected chi connectivity index (χ4v) is 3.42. The van der Waals surface area contributed by atoms with Gasteiger partial charge in [0.1, 0.15) is 17.5 Å². The molecule has 0 fully saturated rings. The van der Waals surface area contributed by atoms with Gasteiger partial charge in [0.15, 0.2) is 0 Å². The Morgan fingerprint density at radius 1 is 1.00 bits per heavy atom. The minimum absolute atomic E-state index is 0.0192. The van der Waals surface area contributed by atoms with Crippen LogP contribution >= 0.6 is 0 Å². The lowest BCUT2D eigenvalue weighted by Crippen LogP contribution is -2.50. The maximum atomic E-state index is 13.2. The molecule has 0 aromatic heterocycles. The molecule has 0 bridgehead atoms. The summed E-state index contributed by atoms with van der Waals surface area (Å²) in [6, 6.07) is 14.9. The van der Waals surface area contributed by atoms with E-state index in [-0.39, 0.29) is 17.9 Å². The normalized spacial score (nSPS) is 11.7. The van der Waals surface area contributed by atoms with Crippen molar-refractivity contribution in [2.24, 2.45) is 0 Å². The molecule has 2 rings (SSSR count). The molecule has 0 aliphatic heterocycles. The van der Waals surface area contributed by atoms with Crippen LogP contribution in [-0.2, 0) is 16.1 Å². The summed E-state index contributed by atoms with van der Waals surface area (Å²) in [4.78, 5) is 27.7. The number of hydrogen-bond donors (Lipinski definition) is 1. The van der Waals surface area contributed by atoms with Gasteiger partial charge in [0, 0.05) is 19.0 Å². The van der Waals surface area contributed by atoms with Crippen LogP contribution in [0.3, 0.4) is 0 Å². The number of nitrogens with zero attached hydrogens (tertiary/aromatic N) is 1. The van der Waals surface area contributed by atoms with E-state index in [1.54, 1.807) is 12.0 Å². The number of rotatable bonds is 12. The first-order chi connectivity index (χ1) is 15.3. The number of ether oxygens (including phenoxy) is 2. The number of carbonyl (C=O) groups is 2. The Morgan fingerprint density at radius 3 is 2.19 bits per heavy atom. The van der Waals surface area contributed by atoms with E-state index in [0.717, 1.165) is 22.6 Å². The van der Waals surface area contributed by atoms with Crippen molar-refractivity contribution in [2.45, 2.75) is 65.6 Å². The van der Waals surface area contributed by atoms with Gasteiger partial charge in [0.2, 0.25) is 11.8 Å². The van der Waals surface area contributed by atoms with Crippen LogP contribution in [0.4, 0.5) is 0 Å². The van der Waals surface area contributed by atoms with Crippen molar-refractivity contribution in [1.29, 1.82) is 0 Å². The van der Waals surface area contributed by atoms with E-state index in [0.29, 0.717) is 32.4 Å². The highest BCUT2D eigenvalue weighted by molar-refractivity contribution is 5.87. The molecule has 2 aromatic carbocycles. The monoisotopic (exact) mass is 440 g/mol. The molecule has 0 radical (unpaired) electrons. The van der Waals surface area contributed by atoms with Gasteiger partial charge in [-0.25, -0.2) is 0 Å². The molecule has 0 unspecified atom stereocenters. The second kappa shape index (κ2) is 12.7. The van der Waals surface area contributed by atoms with Gasteiger partial charge < -0.3 is 19.7 Å². The fraction of sp³-hybridized carbons (Fsp3) is 0.462. The molecule has 0 spiro atoms. The number of nitrogens with one attached hydrogen (secondary N) is 1. The van der Waals surface area contributed by atoms with Crippen molar-refractivity contribution in [3.63, 3.8) is 0 Å². The van der Waals surface area contributed by atoms with Crippen LogP contribution in [0.15, 0.2) is 48.5 Å². The Kier molecular flexibility index (Phi) is 10.1. The molecule has 32 heavy (non-hydrogen) atoms. The Labute approximate surface area is 191 Å². The number of hydrogen-bond acceptors (Lipinski definition) is 4. The van der Waals surface area contributed by atoms with Gasteiger partial charge in [-0.05, 0) is 63.4 Å². The van der Waals surface area contributed by atoms with E-state index < -0.39 is 6.04 Å². The Bertz CT molecular complexity index is 847. The summed E-state index contributed by atoms with van der Waals surface area (Å²) < 4.78 is 10.9. The van der Waals surface area contributed by atoms with Crippen LogP contribution in [0.5, 0.6) is 11.5 Å². The van der Waals surface area contributed by atoms with Crippen LogP contribution in [0.2, 0.25) is 0 Å². The van der Waals surface area contributed by atoms with E-state index in [9.17, 15) is 9.59 Å². The average Bonchev–Trinajstić information content (AvgIpc) is 2.77. The van der Waals surface area contributed by atoms with Crippen LogP contribution in [0.1, 0.15) is 51.2 Å². The fourth-order valence-electron chi connectivity index (χ4n) is 3.42. The molecule has 0 aliphatic rings. The van der Waals surface area contributed by atoms with Gasteiger partial charge in [-0.1, -0.05) is 36.8 Å². The minimum Gasteiger partial charge on any atom is -0.497 e. The summed E-state index contributed by atoms with van der Waals surface area (Å²) in [6.45, 7) is 8.64. The number of carbonyl (C=O) groups excluding carboxylic acids is 2. The molecule has 2 aromatic rings. The lowest BCUT2D eigenvalue weighted by molar-refractivity contribution is -0.141. The molecular formula is C26H36N2O4. The zero-order valence-electron chi connectivity index (χ0n) is 19.9. The molecule has 1 N–H and O–H groups in total. The lowest BCUT2D eigenvalue weighted by atomic mass is 10.1. The summed E-state index contributed by atoms with van der Waals surface area (Å²) in [5, 5.41) is 2.95. The second-order valence-corrected chi connectivity index (χ2v) is 8.22. The van der Waals surface area contributed by atoms with Gasteiger partial charge in [-0.3, -0.25) is 9.59 Å². The van der Waals surface area contributed by atoms with Gasteiger partial charge in [0.25, 0.3) is 0 Å². The molecule has 2 amide bonds. The summed E-state index contributed by atoms with van der Waals surface area (Å²) in [5.74, 6) is 1.34. The van der Waals surface area contributed by atoms with Crippen molar-refractivity contribution in [3.05, 3.63) is 59.7 Å². The third kappa shape index (κ3) is 7.91. The Hall–Kier alpha value is -3.02. The number of methoxy groups -OCH3 is 1. The van der Waals surface area contributed by atoms with Crippen LogP contribution in [0, 0.1) is 6.92 Å². The maximum Gasteiger partial charge on any atom is 0.243 e. The first kappa shape index (κ1) is 25.2. The van der Waals surface area contributed by atoms with Crippen LogP contribution in [-0.4, -0.2) is 42.5 Å². The van der Waals surface area contributed by atoms with Crippen LogP contribution < -0.4 is 14.8 Å². The second-order valence-electron chi connectivity index (χ2n) is 8.22. The summed E-state index contributed by atoms with van der Waals surface area (Å²) in [7, 11) is 1.62. The molecular weight excluding hydrogens is 404 g/mol. The predicted molar refractivity (Wildman–Crippen MR) is 127 cm³/mol. The van der Waals surface area contributed by atoms with E-state index in [2.05, 4.69) is 5.32 Å². The van der Waals surface area contributed by atoms with E-state index in [1.807, 2.05) is 76.2 Å². The first-order valence-corrected chi connectivity index (χ1v) is 11.3. The average molecular weight is 441 g/mol. The molecule has 174 valence electrons. The molecule has 0 saturated heterocycles. The van der Waals surface area contributed by atoms with E-state index >= 15 is 0 Å². The Balaban J connectivity index is 2.02. The summed E-state index contributed by atoms with van der Waals surface area (Å²) in [6.07, 6.45) is 1.43. The van der Waals surface area contributed by atoms with Gasteiger partial charge >= 0.3 is 0 Å². The molecule has 0 aliphatic carbocycles. The summed E-state index contributed by atoms with van der Waals surface area (Å²) in [5.41, 5.74) is 2.17. The first-order valence-electron chi connectivity index (χ1n) is 11.3. The van der Waals surface area contributed by atoms with Gasteiger partial charge in [0.05, 0.1) is 13.7 Å². The van der Waals surface area contributed by atoms with Crippen LogP contribution in [0.25, 0.3) is 0 Å². The van der Waals surface area contributed by atoms with Crippen molar-refractivity contribution in [1.82, 2.24) is 10.2 Å². The lowest BCUT2D eigenvalue weighted by Gasteiger charge is -2.31. The van der Waals surface area contributed by atoms with E-state index in [1.165, 1.54) is 0 Å². The SMILES string of the molecule is CC[C@H](C(=O)NC(C)C)N(Cc1ccc(C)cc1)C(=O)CCCOc1ccc(OC)cc1. The predicted octanol–water partition coefficient (Wildman–Crippen LogP) is 4.49. The number of aryl methyl sites for hydroxylation is 1. The van der Waals surface area contributed by atoms with Gasteiger partial charge in [-0.15, -0.1) is 0 Å². The molecule has 1 atom stereocenters. The zero-order valence-corrected chi connectivity index (χ0v) is 19.9.